The fraction of sp³-hybridized carbons (Fsp3) is 0.625. The third-order valence-electron chi connectivity index (χ3n) is 4.71. The predicted octanol–water partition coefficient (Wildman–Crippen LogP) is 2.81. The Bertz CT molecular complexity index is 558. The number of hydrogen-bond donors (Lipinski definition) is 1. The highest BCUT2D eigenvalue weighted by Gasteiger charge is 2.29. The largest absolute Gasteiger partial charge is 0.481 e. The number of hydrogen-bond acceptors (Lipinski definition) is 3. The number of amides is 1. The maximum atomic E-state index is 12.6. The number of carboxylic acids is 1. The lowest BCUT2D eigenvalue weighted by molar-refractivity contribution is -0.142. The number of fused-ring (bicyclic) bond motifs is 1. The number of carbonyl (C=O) groups is 2. The molecule has 0 radical (unpaired) electrons. The minimum Gasteiger partial charge on any atom is -0.481 e. The molecule has 4 nitrogen and oxygen atoms in total. The monoisotopic (exact) mass is 307 g/mol. The first-order valence-electron chi connectivity index (χ1n) is 7.68. The van der Waals surface area contributed by atoms with Gasteiger partial charge in [0, 0.05) is 18.0 Å². The SMILES string of the molecule is CC1CCN(C(=O)c2cc3c(s2)CCC(C(=O)O)C3)CC1. The topological polar surface area (TPSA) is 57.6 Å². The van der Waals surface area contributed by atoms with E-state index in [9.17, 15) is 9.59 Å². The van der Waals surface area contributed by atoms with Gasteiger partial charge in [-0.3, -0.25) is 9.59 Å². The summed E-state index contributed by atoms with van der Waals surface area (Å²) < 4.78 is 0. The van der Waals surface area contributed by atoms with Crippen LogP contribution in [-0.2, 0) is 17.6 Å². The van der Waals surface area contributed by atoms with Gasteiger partial charge in [-0.25, -0.2) is 0 Å². The summed E-state index contributed by atoms with van der Waals surface area (Å²) in [7, 11) is 0. The molecule has 1 aromatic heterocycles. The van der Waals surface area contributed by atoms with Gasteiger partial charge in [-0.15, -0.1) is 11.3 Å². The molecule has 0 spiro atoms. The average Bonchev–Trinajstić information content (AvgIpc) is 2.90. The quantitative estimate of drug-likeness (QED) is 0.914. The third-order valence-corrected chi connectivity index (χ3v) is 5.94. The van der Waals surface area contributed by atoms with Gasteiger partial charge in [-0.05, 0) is 49.7 Å². The Hall–Kier alpha value is -1.36. The molecule has 1 amide bonds. The second kappa shape index (κ2) is 5.79. The summed E-state index contributed by atoms with van der Waals surface area (Å²) in [5.41, 5.74) is 1.08. The second-order valence-corrected chi connectivity index (χ2v) is 7.45. The summed E-state index contributed by atoms with van der Waals surface area (Å²) >= 11 is 1.57. The van der Waals surface area contributed by atoms with Crippen LogP contribution in [0.3, 0.4) is 0 Å². The Labute approximate surface area is 128 Å². The molecule has 1 unspecified atom stereocenters. The molecule has 1 aliphatic carbocycles. The molecule has 0 bridgehead atoms. The molecule has 5 heteroatoms. The summed E-state index contributed by atoms with van der Waals surface area (Å²) in [6.07, 6.45) is 4.22. The molecule has 2 aliphatic rings. The number of carbonyl (C=O) groups excluding carboxylic acids is 1. The summed E-state index contributed by atoms with van der Waals surface area (Å²) in [4.78, 5) is 27.6. The standard InChI is InChI=1S/C16H21NO3S/c1-10-4-6-17(7-5-10)15(18)14-9-12-8-11(16(19)20)2-3-13(12)21-14/h9-11H,2-8H2,1H3,(H,19,20). The van der Waals surface area contributed by atoms with E-state index in [-0.39, 0.29) is 11.8 Å². The van der Waals surface area contributed by atoms with Crippen molar-refractivity contribution in [3.63, 3.8) is 0 Å². The van der Waals surface area contributed by atoms with Crippen LogP contribution >= 0.6 is 11.3 Å². The maximum absolute atomic E-state index is 12.6. The van der Waals surface area contributed by atoms with Crippen LogP contribution < -0.4 is 0 Å². The van der Waals surface area contributed by atoms with Gasteiger partial charge in [0.05, 0.1) is 10.8 Å². The lowest BCUT2D eigenvalue weighted by Gasteiger charge is -2.29. The fourth-order valence-electron chi connectivity index (χ4n) is 3.21. The minimum absolute atomic E-state index is 0.133. The van der Waals surface area contributed by atoms with Crippen LogP contribution in [0, 0.1) is 11.8 Å². The summed E-state index contributed by atoms with van der Waals surface area (Å²) in [5, 5.41) is 9.14. The molecule has 2 heterocycles. The molecule has 114 valence electrons. The van der Waals surface area contributed by atoms with Crippen molar-refractivity contribution in [2.45, 2.75) is 39.0 Å². The number of thiophene rings is 1. The summed E-state index contributed by atoms with van der Waals surface area (Å²) in [6, 6.07) is 1.94. The molecule has 1 saturated heterocycles. The zero-order valence-electron chi connectivity index (χ0n) is 12.3. The molecule has 1 fully saturated rings. The molecular formula is C16H21NO3S. The number of rotatable bonds is 2. The van der Waals surface area contributed by atoms with Crippen LogP contribution in [0.15, 0.2) is 6.07 Å². The van der Waals surface area contributed by atoms with Crippen LogP contribution in [0.5, 0.6) is 0 Å². The van der Waals surface area contributed by atoms with Crippen LogP contribution in [-0.4, -0.2) is 35.0 Å². The normalized spacial score (nSPS) is 22.9. The predicted molar refractivity (Wildman–Crippen MR) is 81.8 cm³/mol. The molecule has 1 N–H and O–H groups in total. The Kier molecular flexibility index (Phi) is 4.02. The van der Waals surface area contributed by atoms with Crippen molar-refractivity contribution >= 4 is 23.2 Å². The first kappa shape index (κ1) is 14.6. The Morgan fingerprint density at radius 2 is 2.00 bits per heavy atom. The molecule has 1 aliphatic heterocycles. The minimum atomic E-state index is -0.718. The first-order chi connectivity index (χ1) is 10.0. The van der Waals surface area contributed by atoms with Crippen LogP contribution in [0.1, 0.15) is 46.3 Å². The van der Waals surface area contributed by atoms with E-state index in [1.807, 2.05) is 11.0 Å². The number of aryl methyl sites for hydroxylation is 1. The Balaban J connectivity index is 1.73. The van der Waals surface area contributed by atoms with Crippen molar-refractivity contribution in [3.05, 3.63) is 21.4 Å². The smallest absolute Gasteiger partial charge is 0.306 e. The number of nitrogens with zero attached hydrogens (tertiary/aromatic N) is 1. The zero-order valence-corrected chi connectivity index (χ0v) is 13.1. The molecule has 1 aromatic rings. The average molecular weight is 307 g/mol. The van der Waals surface area contributed by atoms with Crippen molar-refractivity contribution in [2.75, 3.05) is 13.1 Å². The van der Waals surface area contributed by atoms with Gasteiger partial charge < -0.3 is 10.0 Å². The van der Waals surface area contributed by atoms with Crippen LogP contribution in [0.2, 0.25) is 0 Å². The van der Waals surface area contributed by atoms with Crippen molar-refractivity contribution in [1.29, 1.82) is 0 Å². The molecular weight excluding hydrogens is 286 g/mol. The van der Waals surface area contributed by atoms with E-state index >= 15 is 0 Å². The van der Waals surface area contributed by atoms with E-state index in [0.717, 1.165) is 42.8 Å². The van der Waals surface area contributed by atoms with Gasteiger partial charge in [0.25, 0.3) is 5.91 Å². The summed E-state index contributed by atoms with van der Waals surface area (Å²) in [6.45, 7) is 3.93. The van der Waals surface area contributed by atoms with Gasteiger partial charge >= 0.3 is 5.97 Å². The van der Waals surface area contributed by atoms with Crippen LogP contribution in [0.4, 0.5) is 0 Å². The van der Waals surface area contributed by atoms with E-state index < -0.39 is 5.97 Å². The van der Waals surface area contributed by atoms with E-state index in [1.165, 1.54) is 4.88 Å². The highest BCUT2D eigenvalue weighted by atomic mass is 32.1. The molecule has 3 rings (SSSR count). The third kappa shape index (κ3) is 2.98. The Morgan fingerprint density at radius 3 is 2.67 bits per heavy atom. The molecule has 21 heavy (non-hydrogen) atoms. The van der Waals surface area contributed by atoms with E-state index in [2.05, 4.69) is 6.92 Å². The molecule has 0 aromatic carbocycles. The van der Waals surface area contributed by atoms with Gasteiger partial charge in [0.2, 0.25) is 0 Å². The van der Waals surface area contributed by atoms with E-state index in [1.54, 1.807) is 11.3 Å². The lowest BCUT2D eigenvalue weighted by atomic mass is 9.88. The maximum Gasteiger partial charge on any atom is 0.306 e. The van der Waals surface area contributed by atoms with Crippen molar-refractivity contribution in [3.8, 4) is 0 Å². The number of piperidine rings is 1. The number of carboxylic acid groups (broad SMARTS) is 1. The van der Waals surface area contributed by atoms with E-state index in [4.69, 9.17) is 5.11 Å². The van der Waals surface area contributed by atoms with Gasteiger partial charge in [-0.1, -0.05) is 6.92 Å². The van der Waals surface area contributed by atoms with Gasteiger partial charge in [0.15, 0.2) is 0 Å². The van der Waals surface area contributed by atoms with E-state index in [0.29, 0.717) is 18.8 Å². The highest BCUT2D eigenvalue weighted by molar-refractivity contribution is 7.14. The fourth-order valence-corrected chi connectivity index (χ4v) is 4.38. The highest BCUT2D eigenvalue weighted by Crippen LogP contribution is 2.33. The van der Waals surface area contributed by atoms with Crippen molar-refractivity contribution in [2.24, 2.45) is 11.8 Å². The lowest BCUT2D eigenvalue weighted by Crippen LogP contribution is -2.37. The van der Waals surface area contributed by atoms with Gasteiger partial charge in [-0.2, -0.15) is 0 Å². The number of aliphatic carboxylic acids is 1. The van der Waals surface area contributed by atoms with Crippen molar-refractivity contribution in [1.82, 2.24) is 4.90 Å². The first-order valence-corrected chi connectivity index (χ1v) is 8.50. The second-order valence-electron chi connectivity index (χ2n) is 6.31. The summed E-state index contributed by atoms with van der Waals surface area (Å²) in [5.74, 6) is -0.161. The zero-order chi connectivity index (χ0) is 15.0. The van der Waals surface area contributed by atoms with Gasteiger partial charge in [0.1, 0.15) is 0 Å². The number of likely N-dealkylation sites (tertiary alicyclic amines) is 1. The van der Waals surface area contributed by atoms with Crippen molar-refractivity contribution < 1.29 is 14.7 Å². The molecule has 1 atom stereocenters. The Morgan fingerprint density at radius 1 is 1.29 bits per heavy atom. The van der Waals surface area contributed by atoms with Crippen LogP contribution in [0.25, 0.3) is 0 Å². The molecule has 0 saturated carbocycles.